The lowest BCUT2D eigenvalue weighted by Crippen LogP contribution is -2.58. The largest absolute Gasteiger partial charge is 0.481 e. The maximum Gasteiger partial charge on any atom is 0.338 e. The maximum absolute atomic E-state index is 13.9. The quantitative estimate of drug-likeness (QED) is 0.470. The van der Waals surface area contributed by atoms with Crippen LogP contribution in [-0.2, 0) is 19.1 Å². The van der Waals surface area contributed by atoms with Gasteiger partial charge in [0, 0.05) is 46.8 Å². The Bertz CT molecular complexity index is 1240. The lowest BCUT2D eigenvalue weighted by Gasteiger charge is -2.49. The Morgan fingerprint density at radius 2 is 2.08 bits per heavy atom. The number of hydrogen-bond donors (Lipinski definition) is 2. The van der Waals surface area contributed by atoms with Crippen LogP contribution < -0.4 is 5.32 Å². The molecule has 37 heavy (non-hydrogen) atoms. The van der Waals surface area contributed by atoms with Crippen LogP contribution in [0.1, 0.15) is 35.9 Å². The fourth-order valence-electron chi connectivity index (χ4n) is 5.42. The van der Waals surface area contributed by atoms with Gasteiger partial charge in [0.05, 0.1) is 25.9 Å². The van der Waals surface area contributed by atoms with Crippen molar-refractivity contribution >= 4 is 45.0 Å². The highest BCUT2D eigenvalue weighted by molar-refractivity contribution is 9.10. The molecule has 1 aromatic heterocycles. The number of thiazole rings is 1. The number of carbonyl (C=O) groups excluding carboxylic acids is 1. The molecular weight excluding hydrogens is 567 g/mol. The van der Waals surface area contributed by atoms with Crippen LogP contribution in [0.2, 0.25) is 0 Å². The SMILES string of the molecule is COC(=O)C1=C(CN2[C@H]3COC[C@H]2CC(CC(=O)O)C3)NC(c2nccs2)=N[C@H]1c1ccc(F)cc1Br. The van der Waals surface area contributed by atoms with Crippen LogP contribution in [0.25, 0.3) is 0 Å². The number of esters is 1. The summed E-state index contributed by atoms with van der Waals surface area (Å²) in [6.07, 6.45) is 3.21. The molecular formula is C25H26BrFN4O5S. The van der Waals surface area contributed by atoms with Gasteiger partial charge in [-0.3, -0.25) is 14.7 Å². The number of hydrogen-bond acceptors (Lipinski definition) is 9. The Kier molecular flexibility index (Phi) is 7.70. The second-order valence-electron chi connectivity index (χ2n) is 9.34. The number of aromatic nitrogens is 1. The number of carboxylic acid groups (broad SMARTS) is 1. The van der Waals surface area contributed by atoms with Gasteiger partial charge in [-0.25, -0.2) is 14.2 Å². The van der Waals surface area contributed by atoms with E-state index < -0.39 is 23.8 Å². The first-order chi connectivity index (χ1) is 17.8. The molecule has 0 spiro atoms. The predicted octanol–water partition coefficient (Wildman–Crippen LogP) is 3.52. The van der Waals surface area contributed by atoms with Crippen molar-refractivity contribution in [2.75, 3.05) is 26.9 Å². The van der Waals surface area contributed by atoms with E-state index in [4.69, 9.17) is 14.5 Å². The first-order valence-electron chi connectivity index (χ1n) is 11.9. The number of carboxylic acids is 1. The minimum Gasteiger partial charge on any atom is -0.481 e. The van der Waals surface area contributed by atoms with E-state index in [1.807, 2.05) is 5.38 Å². The summed E-state index contributed by atoms with van der Waals surface area (Å²) < 4.78 is 25.4. The summed E-state index contributed by atoms with van der Waals surface area (Å²) in [5, 5.41) is 15.2. The number of rotatable bonds is 7. The van der Waals surface area contributed by atoms with E-state index in [0.717, 1.165) is 0 Å². The molecule has 9 nitrogen and oxygen atoms in total. The van der Waals surface area contributed by atoms with Crippen molar-refractivity contribution < 1.29 is 28.6 Å². The second-order valence-corrected chi connectivity index (χ2v) is 11.1. The average molecular weight is 593 g/mol. The van der Waals surface area contributed by atoms with E-state index in [2.05, 4.69) is 31.1 Å². The standard InChI is InChI=1S/C25H26BrFN4O5S/c1-35-25(34)21-19(10-31-15-6-13(8-20(32)33)7-16(31)12-36-11-15)29-23(24-28-4-5-37-24)30-22(21)17-3-2-14(27)9-18(17)26/h2-5,9,13,15-16,22H,6-8,10-12H2,1H3,(H,29,30)(H,32,33)/t15-,16-,22+/m1/s1. The third-order valence-electron chi connectivity index (χ3n) is 7.00. The Hall–Kier alpha value is -2.67. The number of aliphatic carboxylic acids is 1. The number of nitrogens with one attached hydrogen (secondary N) is 1. The van der Waals surface area contributed by atoms with E-state index in [9.17, 15) is 19.1 Å². The molecule has 0 unspecified atom stereocenters. The molecule has 5 rings (SSSR count). The zero-order valence-electron chi connectivity index (χ0n) is 20.0. The molecule has 2 aromatic rings. The Balaban J connectivity index is 1.55. The van der Waals surface area contributed by atoms with Gasteiger partial charge < -0.3 is 19.9 Å². The van der Waals surface area contributed by atoms with Gasteiger partial charge in [0.25, 0.3) is 0 Å². The lowest BCUT2D eigenvalue weighted by molar-refractivity contribution is -0.141. The van der Waals surface area contributed by atoms with Gasteiger partial charge in [-0.2, -0.15) is 0 Å². The molecule has 2 saturated heterocycles. The van der Waals surface area contributed by atoms with Gasteiger partial charge in [-0.15, -0.1) is 11.3 Å². The van der Waals surface area contributed by atoms with Crippen molar-refractivity contribution in [1.29, 1.82) is 0 Å². The number of morpholine rings is 1. The molecule has 1 aromatic carbocycles. The zero-order valence-corrected chi connectivity index (χ0v) is 22.4. The van der Waals surface area contributed by atoms with Crippen molar-refractivity contribution in [3.63, 3.8) is 0 Å². The molecule has 196 valence electrons. The molecule has 4 heterocycles. The molecule has 12 heteroatoms. The van der Waals surface area contributed by atoms with Crippen molar-refractivity contribution in [2.45, 2.75) is 37.4 Å². The highest BCUT2D eigenvalue weighted by Crippen LogP contribution is 2.39. The van der Waals surface area contributed by atoms with E-state index in [-0.39, 0.29) is 24.4 Å². The first kappa shape index (κ1) is 26.0. The highest BCUT2D eigenvalue weighted by atomic mass is 79.9. The van der Waals surface area contributed by atoms with Gasteiger partial charge in [-0.05, 0) is 36.5 Å². The number of amidine groups is 1. The number of fused-ring (bicyclic) bond motifs is 2. The number of nitrogens with zero attached hydrogens (tertiary/aromatic N) is 3. The lowest BCUT2D eigenvalue weighted by atomic mass is 9.82. The molecule has 2 fully saturated rings. The minimum atomic E-state index is -0.793. The topological polar surface area (TPSA) is 113 Å². The van der Waals surface area contributed by atoms with Crippen LogP contribution in [-0.4, -0.2) is 71.7 Å². The molecule has 0 radical (unpaired) electrons. The normalized spacial score (nSPS) is 25.9. The summed E-state index contributed by atoms with van der Waals surface area (Å²) in [5.74, 6) is -1.14. The maximum atomic E-state index is 13.9. The van der Waals surface area contributed by atoms with Gasteiger partial charge in [0.2, 0.25) is 0 Å². The fraction of sp³-hybridized carbons (Fsp3) is 0.440. The number of benzene rings is 1. The smallest absolute Gasteiger partial charge is 0.338 e. The van der Waals surface area contributed by atoms with E-state index >= 15 is 0 Å². The summed E-state index contributed by atoms with van der Waals surface area (Å²) in [6.45, 7) is 1.38. The van der Waals surface area contributed by atoms with Crippen molar-refractivity contribution in [2.24, 2.45) is 10.9 Å². The van der Waals surface area contributed by atoms with Gasteiger partial charge in [-0.1, -0.05) is 22.0 Å². The molecule has 0 aliphatic carbocycles. The summed E-state index contributed by atoms with van der Waals surface area (Å²) in [5.41, 5.74) is 1.59. The number of aliphatic imine (C=N–C) groups is 1. The summed E-state index contributed by atoms with van der Waals surface area (Å²) >= 11 is 4.86. The summed E-state index contributed by atoms with van der Waals surface area (Å²) in [6, 6.07) is 3.58. The number of methoxy groups -OCH3 is 1. The third kappa shape index (κ3) is 5.47. The molecule has 2 N–H and O–H groups in total. The molecule has 0 saturated carbocycles. The second kappa shape index (κ2) is 11.0. The van der Waals surface area contributed by atoms with Crippen molar-refractivity contribution in [1.82, 2.24) is 15.2 Å². The van der Waals surface area contributed by atoms with E-state index in [1.165, 1.54) is 30.6 Å². The molecule has 3 aliphatic rings. The highest BCUT2D eigenvalue weighted by Gasteiger charge is 2.42. The molecule has 2 bridgehead atoms. The van der Waals surface area contributed by atoms with Gasteiger partial charge in [0.15, 0.2) is 10.8 Å². The monoisotopic (exact) mass is 592 g/mol. The van der Waals surface area contributed by atoms with Gasteiger partial charge in [0.1, 0.15) is 11.9 Å². The fourth-order valence-corrected chi connectivity index (χ4v) is 6.58. The van der Waals surface area contributed by atoms with Crippen molar-refractivity contribution in [3.05, 3.63) is 61.9 Å². The van der Waals surface area contributed by atoms with E-state index in [0.29, 0.717) is 64.7 Å². The van der Waals surface area contributed by atoms with Crippen LogP contribution in [0.3, 0.4) is 0 Å². The molecule has 0 amide bonds. The van der Waals surface area contributed by atoms with Gasteiger partial charge >= 0.3 is 11.9 Å². The number of ether oxygens (including phenoxy) is 2. The Morgan fingerprint density at radius 3 is 2.70 bits per heavy atom. The van der Waals surface area contributed by atoms with Crippen LogP contribution in [0.5, 0.6) is 0 Å². The summed E-state index contributed by atoms with van der Waals surface area (Å²) in [7, 11) is 1.32. The predicted molar refractivity (Wildman–Crippen MR) is 138 cm³/mol. The zero-order chi connectivity index (χ0) is 26.1. The summed E-state index contributed by atoms with van der Waals surface area (Å²) in [4.78, 5) is 36.1. The molecule has 3 aliphatic heterocycles. The third-order valence-corrected chi connectivity index (χ3v) is 8.46. The number of piperidine rings is 1. The Labute approximate surface area is 225 Å². The minimum absolute atomic E-state index is 0.0169. The first-order valence-corrected chi connectivity index (χ1v) is 13.6. The van der Waals surface area contributed by atoms with Crippen LogP contribution in [0, 0.1) is 11.7 Å². The number of carbonyl (C=O) groups is 2. The number of halogens is 2. The molecule has 3 atom stereocenters. The Morgan fingerprint density at radius 1 is 1.32 bits per heavy atom. The van der Waals surface area contributed by atoms with Crippen molar-refractivity contribution in [3.8, 4) is 0 Å². The van der Waals surface area contributed by atoms with Crippen LogP contribution >= 0.6 is 27.3 Å². The van der Waals surface area contributed by atoms with Crippen LogP contribution in [0.4, 0.5) is 4.39 Å². The average Bonchev–Trinajstić information content (AvgIpc) is 3.38. The van der Waals surface area contributed by atoms with E-state index in [1.54, 1.807) is 12.3 Å². The van der Waals surface area contributed by atoms with Crippen LogP contribution in [0.15, 0.2) is 50.5 Å².